The largest absolute Gasteiger partial charge is 0.460 e. The van der Waals surface area contributed by atoms with Crippen LogP contribution in [0.3, 0.4) is 0 Å². The van der Waals surface area contributed by atoms with Crippen molar-refractivity contribution in [2.24, 2.45) is 28.6 Å². The van der Waals surface area contributed by atoms with Crippen LogP contribution in [0.5, 0.6) is 0 Å². The molecule has 5 aliphatic rings. The Kier molecular flexibility index (Phi) is 10.1. The number of hydrogen-bond donors (Lipinski definition) is 8. The number of carbonyl (C=O) groups is 2. The molecule has 0 unspecified atom stereocenters. The van der Waals surface area contributed by atoms with Gasteiger partial charge in [0.2, 0.25) is 0 Å². The minimum atomic E-state index is -1.72. The summed E-state index contributed by atoms with van der Waals surface area (Å²) < 4.78 is 17.4. The summed E-state index contributed by atoms with van der Waals surface area (Å²) in [5.41, 5.74) is -5.15. The summed E-state index contributed by atoms with van der Waals surface area (Å²) in [5.74, 6) is -1.97. The van der Waals surface area contributed by atoms with Gasteiger partial charge in [-0.3, -0.25) is 9.59 Å². The van der Waals surface area contributed by atoms with Crippen LogP contribution in [0, 0.1) is 28.6 Å². The zero-order chi connectivity index (χ0) is 35.8. The van der Waals surface area contributed by atoms with Crippen LogP contribution in [0.4, 0.5) is 0 Å². The van der Waals surface area contributed by atoms with Crippen LogP contribution in [0.2, 0.25) is 0 Å². The Balaban J connectivity index is 1.48. The van der Waals surface area contributed by atoms with Crippen LogP contribution >= 0.6 is 0 Å². The van der Waals surface area contributed by atoms with Crippen molar-refractivity contribution in [3.05, 3.63) is 11.6 Å². The van der Waals surface area contributed by atoms with Gasteiger partial charge in [-0.1, -0.05) is 13.8 Å². The molecular formula is C35H56O13. The normalized spacial score (nSPS) is 46.5. The monoisotopic (exact) mass is 684 g/mol. The highest BCUT2D eigenvalue weighted by molar-refractivity contribution is 5.95. The number of allylic oxidation sites excluding steroid dienone is 1. The maximum Gasteiger partial charge on any atom is 0.303 e. The fourth-order valence-corrected chi connectivity index (χ4v) is 10.3. The van der Waals surface area contributed by atoms with E-state index < -0.39 is 101 Å². The van der Waals surface area contributed by atoms with Gasteiger partial charge in [-0.15, -0.1) is 0 Å². The molecule has 13 heteroatoms. The van der Waals surface area contributed by atoms with Crippen molar-refractivity contribution in [1.29, 1.82) is 0 Å². The third kappa shape index (κ3) is 6.09. The lowest BCUT2D eigenvalue weighted by Gasteiger charge is -2.61. The van der Waals surface area contributed by atoms with Crippen LogP contribution in [0.15, 0.2) is 11.6 Å². The van der Waals surface area contributed by atoms with Crippen molar-refractivity contribution in [2.75, 3.05) is 6.61 Å². The molecule has 0 aromatic carbocycles. The molecule has 8 N–H and O–H groups in total. The van der Waals surface area contributed by atoms with Gasteiger partial charge < -0.3 is 55.1 Å². The molecule has 15 atom stereocenters. The van der Waals surface area contributed by atoms with Gasteiger partial charge in [-0.05, 0) is 101 Å². The van der Waals surface area contributed by atoms with Gasteiger partial charge in [-0.25, -0.2) is 0 Å². The maximum atomic E-state index is 13.6. The molecule has 4 fully saturated rings. The second-order valence-corrected chi connectivity index (χ2v) is 16.5. The number of aliphatic hydroxyl groups excluding tert-OH is 6. The van der Waals surface area contributed by atoms with Crippen molar-refractivity contribution < 1.29 is 64.7 Å². The first-order chi connectivity index (χ1) is 22.1. The Morgan fingerprint density at radius 2 is 1.69 bits per heavy atom. The molecule has 4 aliphatic carbocycles. The highest BCUT2D eigenvalue weighted by Crippen LogP contribution is 2.68. The molecule has 0 bridgehead atoms. The van der Waals surface area contributed by atoms with Crippen molar-refractivity contribution in [1.82, 2.24) is 0 Å². The highest BCUT2D eigenvalue weighted by Gasteiger charge is 2.69. The van der Waals surface area contributed by atoms with Gasteiger partial charge in [0.25, 0.3) is 0 Å². The summed E-state index contributed by atoms with van der Waals surface area (Å²) in [6.07, 6.45) is -6.98. The molecule has 5 rings (SSSR count). The number of aliphatic hydroxyl groups is 8. The molecule has 0 aromatic rings. The third-order valence-electron chi connectivity index (χ3n) is 13.1. The minimum Gasteiger partial charge on any atom is -0.460 e. The quantitative estimate of drug-likeness (QED) is 0.153. The first-order valence-electron chi connectivity index (χ1n) is 17.4. The number of ketones is 1. The molecule has 1 heterocycles. The second-order valence-electron chi connectivity index (χ2n) is 16.5. The van der Waals surface area contributed by atoms with E-state index >= 15 is 0 Å². The Morgan fingerprint density at radius 1 is 1.02 bits per heavy atom. The maximum absolute atomic E-state index is 13.6. The molecule has 274 valence electrons. The standard InChI is InChI=1S/C35H56O13/c1-17(37)48-31(2,3)10-9-26(47-30-29(43)28(42)27(41)24(16-36)46-30)34(6,44)25-8-12-35(45)19-13-21(38)20-14-22(39)23(40)15-32(20,4)18(19)7-11-33(25,35)5/h13,18,20,22-30,36,39-45H,7-12,14-16H2,1-6H3/t18-,20-,22+,23-,24+,25-,26+,27-,28-,29+,30+,32+,33+,34+,35+/m0/s1. The van der Waals surface area contributed by atoms with Crippen LogP contribution in [-0.2, 0) is 23.8 Å². The number of fused-ring (bicyclic) bond motifs is 5. The predicted molar refractivity (Wildman–Crippen MR) is 169 cm³/mol. The summed E-state index contributed by atoms with van der Waals surface area (Å²) in [5, 5.41) is 87.7. The number of hydrogen-bond acceptors (Lipinski definition) is 13. The molecule has 1 aliphatic heterocycles. The van der Waals surface area contributed by atoms with Gasteiger partial charge in [0, 0.05) is 18.3 Å². The fourth-order valence-electron chi connectivity index (χ4n) is 10.3. The van der Waals surface area contributed by atoms with Crippen LogP contribution in [-0.4, -0.2) is 125 Å². The lowest BCUT2D eigenvalue weighted by molar-refractivity contribution is -0.328. The van der Waals surface area contributed by atoms with E-state index in [1.54, 1.807) is 26.8 Å². The second kappa shape index (κ2) is 12.9. The number of carbonyl (C=O) groups excluding carboxylic acids is 2. The molecular weight excluding hydrogens is 628 g/mol. The Hall–Kier alpha value is -1.52. The molecule has 48 heavy (non-hydrogen) atoms. The van der Waals surface area contributed by atoms with E-state index in [1.807, 2.05) is 13.8 Å². The van der Waals surface area contributed by atoms with Crippen molar-refractivity contribution in [2.45, 2.75) is 159 Å². The Labute approximate surface area is 281 Å². The summed E-state index contributed by atoms with van der Waals surface area (Å²) in [6.45, 7) is 9.52. The van der Waals surface area contributed by atoms with Gasteiger partial charge in [0.05, 0.1) is 36.1 Å². The van der Waals surface area contributed by atoms with E-state index in [0.29, 0.717) is 24.8 Å². The van der Waals surface area contributed by atoms with Gasteiger partial charge in [0.15, 0.2) is 12.1 Å². The van der Waals surface area contributed by atoms with E-state index in [4.69, 9.17) is 14.2 Å². The summed E-state index contributed by atoms with van der Waals surface area (Å²) in [6, 6.07) is 0. The zero-order valence-electron chi connectivity index (χ0n) is 28.9. The minimum absolute atomic E-state index is 0.0943. The number of rotatable bonds is 9. The van der Waals surface area contributed by atoms with E-state index in [1.165, 1.54) is 6.92 Å². The first kappa shape index (κ1) is 37.7. The zero-order valence-corrected chi connectivity index (χ0v) is 28.9. The van der Waals surface area contributed by atoms with Crippen LogP contribution < -0.4 is 0 Å². The highest BCUT2D eigenvalue weighted by atomic mass is 16.7. The summed E-state index contributed by atoms with van der Waals surface area (Å²) >= 11 is 0. The number of esters is 1. The van der Waals surface area contributed by atoms with E-state index in [-0.39, 0.29) is 43.8 Å². The average Bonchev–Trinajstić information content (AvgIpc) is 3.27. The fraction of sp³-hybridized carbons (Fsp3) is 0.886. The van der Waals surface area contributed by atoms with Gasteiger partial charge in [-0.2, -0.15) is 0 Å². The lowest BCUT2D eigenvalue weighted by atomic mass is 9.45. The van der Waals surface area contributed by atoms with E-state index in [9.17, 15) is 50.4 Å². The lowest BCUT2D eigenvalue weighted by Crippen LogP contribution is -2.64. The molecule has 0 spiro atoms. The van der Waals surface area contributed by atoms with Crippen molar-refractivity contribution in [3.8, 4) is 0 Å². The van der Waals surface area contributed by atoms with Crippen molar-refractivity contribution in [3.63, 3.8) is 0 Å². The molecule has 0 amide bonds. The number of ether oxygens (including phenoxy) is 3. The Morgan fingerprint density at radius 3 is 2.31 bits per heavy atom. The molecule has 13 nitrogen and oxygen atoms in total. The van der Waals surface area contributed by atoms with E-state index in [0.717, 1.165) is 0 Å². The Bertz CT molecular complexity index is 1260. The molecule has 0 radical (unpaired) electrons. The van der Waals surface area contributed by atoms with Gasteiger partial charge >= 0.3 is 5.97 Å². The molecule has 3 saturated carbocycles. The summed E-state index contributed by atoms with van der Waals surface area (Å²) in [7, 11) is 0. The SMILES string of the molecule is CC(=O)OC(C)(C)CC[C@@H](O[C@H]1O[C@H](CO)[C@H](O)[C@H](O)[C@H]1O)[C@](C)(O)[C@H]1CC[C@@]2(O)C3=CC(=O)[C@@H]4C[C@@H](O)[C@@H](O)C[C@]4(C)[C@H]3CC[C@]12C. The van der Waals surface area contributed by atoms with Gasteiger partial charge in [0.1, 0.15) is 30.0 Å². The first-order valence-corrected chi connectivity index (χ1v) is 17.4. The van der Waals surface area contributed by atoms with E-state index in [2.05, 4.69) is 0 Å². The summed E-state index contributed by atoms with van der Waals surface area (Å²) in [4.78, 5) is 25.4. The average molecular weight is 685 g/mol. The van der Waals surface area contributed by atoms with Crippen LogP contribution in [0.1, 0.15) is 92.9 Å². The molecule has 0 aromatic heterocycles. The van der Waals surface area contributed by atoms with Crippen LogP contribution in [0.25, 0.3) is 0 Å². The predicted octanol–water partition coefficient (Wildman–Crippen LogP) is 0.249. The topological polar surface area (TPSA) is 224 Å². The third-order valence-corrected chi connectivity index (χ3v) is 13.1. The smallest absolute Gasteiger partial charge is 0.303 e. The van der Waals surface area contributed by atoms with Crippen molar-refractivity contribution >= 4 is 11.8 Å². The molecule has 1 saturated heterocycles.